The highest BCUT2D eigenvalue weighted by Gasteiger charge is 2.42. The summed E-state index contributed by atoms with van der Waals surface area (Å²) in [7, 11) is 0. The number of hydrogen-bond donors (Lipinski definition) is 3. The van der Waals surface area contributed by atoms with Crippen LogP contribution in [-0.2, 0) is 15.1 Å². The number of nitrogens with two attached hydrogens (primary N) is 1. The number of carbonyl (C=O) groups is 1. The van der Waals surface area contributed by atoms with Crippen molar-refractivity contribution in [2.75, 3.05) is 18.9 Å². The lowest BCUT2D eigenvalue weighted by atomic mass is 9.90. The van der Waals surface area contributed by atoms with E-state index in [2.05, 4.69) is 25.5 Å². The van der Waals surface area contributed by atoms with E-state index in [-0.39, 0.29) is 25.1 Å². The van der Waals surface area contributed by atoms with E-state index in [4.69, 9.17) is 14.9 Å². The summed E-state index contributed by atoms with van der Waals surface area (Å²) in [6.45, 7) is 2.13. The van der Waals surface area contributed by atoms with Crippen LogP contribution in [0.3, 0.4) is 0 Å². The molecule has 0 aliphatic carbocycles. The molecular weight excluding hydrogens is 452 g/mol. The van der Waals surface area contributed by atoms with E-state index in [0.717, 1.165) is 0 Å². The number of aliphatic hydroxyl groups excluding tert-OH is 1. The van der Waals surface area contributed by atoms with Crippen LogP contribution in [0.4, 0.5) is 5.95 Å². The quantitative estimate of drug-likeness (QED) is 0.337. The highest BCUT2D eigenvalue weighted by Crippen LogP contribution is 2.32. The molecule has 1 fully saturated rings. The first-order valence-corrected chi connectivity index (χ1v) is 11.0. The van der Waals surface area contributed by atoms with Gasteiger partial charge in [0.05, 0.1) is 43.2 Å². The number of furan rings is 1. The van der Waals surface area contributed by atoms with Gasteiger partial charge in [-0.05, 0) is 24.6 Å². The number of nitrogens with one attached hydrogen (secondary N) is 1. The number of nitrogens with zero attached hydrogens (tertiary/aromatic N) is 6. The van der Waals surface area contributed by atoms with Gasteiger partial charge in [-0.3, -0.25) is 4.79 Å². The molecule has 178 valence electrons. The van der Waals surface area contributed by atoms with Crippen LogP contribution >= 0.6 is 0 Å². The van der Waals surface area contributed by atoms with Gasteiger partial charge in [-0.2, -0.15) is 14.6 Å². The predicted molar refractivity (Wildman–Crippen MR) is 124 cm³/mol. The number of rotatable bonds is 5. The molecule has 4 aromatic heterocycles. The lowest BCUT2D eigenvalue weighted by Gasteiger charge is -2.31. The maximum atomic E-state index is 13.8. The van der Waals surface area contributed by atoms with Crippen molar-refractivity contribution in [2.24, 2.45) is 0 Å². The van der Waals surface area contributed by atoms with E-state index < -0.39 is 17.7 Å². The Labute approximate surface area is 198 Å². The number of benzene rings is 1. The molecule has 3 atom stereocenters. The van der Waals surface area contributed by atoms with Crippen molar-refractivity contribution in [3.05, 3.63) is 60.5 Å². The molecular formula is C23H22N8O4. The molecule has 12 nitrogen and oxygen atoms in total. The average Bonchev–Trinajstić information content (AvgIpc) is 3.66. The Morgan fingerprint density at radius 1 is 1.17 bits per heavy atom. The summed E-state index contributed by atoms with van der Waals surface area (Å²) in [6.07, 6.45) is 2.32. The summed E-state index contributed by atoms with van der Waals surface area (Å²) >= 11 is 0. The Balaban J connectivity index is 1.53. The van der Waals surface area contributed by atoms with Gasteiger partial charge in [0.1, 0.15) is 0 Å². The Kier molecular flexibility index (Phi) is 4.79. The van der Waals surface area contributed by atoms with Crippen molar-refractivity contribution in [1.29, 1.82) is 0 Å². The molecule has 5 aromatic rings. The highest BCUT2D eigenvalue weighted by molar-refractivity contribution is 5.94. The van der Waals surface area contributed by atoms with E-state index in [9.17, 15) is 9.90 Å². The van der Waals surface area contributed by atoms with Crippen molar-refractivity contribution < 1.29 is 19.1 Å². The lowest BCUT2D eigenvalue weighted by molar-refractivity contribution is -0.128. The van der Waals surface area contributed by atoms with Crippen LogP contribution in [0.15, 0.2) is 59.3 Å². The molecule has 5 heterocycles. The predicted octanol–water partition coefficient (Wildman–Crippen LogP) is 0.956. The molecule has 1 amide bonds. The van der Waals surface area contributed by atoms with Crippen molar-refractivity contribution >= 4 is 28.5 Å². The van der Waals surface area contributed by atoms with Gasteiger partial charge in [0, 0.05) is 0 Å². The zero-order chi connectivity index (χ0) is 24.2. The Morgan fingerprint density at radius 2 is 2.00 bits per heavy atom. The maximum absolute atomic E-state index is 13.8. The molecule has 1 unspecified atom stereocenters. The van der Waals surface area contributed by atoms with Gasteiger partial charge in [0.15, 0.2) is 22.6 Å². The zero-order valence-electron chi connectivity index (χ0n) is 18.7. The van der Waals surface area contributed by atoms with Gasteiger partial charge < -0.3 is 25.3 Å². The van der Waals surface area contributed by atoms with Crippen LogP contribution in [0.5, 0.6) is 0 Å². The van der Waals surface area contributed by atoms with Crippen LogP contribution < -0.4 is 11.1 Å². The van der Waals surface area contributed by atoms with Crippen LogP contribution in [0.25, 0.3) is 28.3 Å². The normalized spacial score (nSPS) is 19.8. The molecule has 12 heteroatoms. The number of anilines is 1. The van der Waals surface area contributed by atoms with Crippen molar-refractivity contribution in [3.8, 4) is 11.6 Å². The first-order chi connectivity index (χ1) is 17.0. The molecule has 0 spiro atoms. The summed E-state index contributed by atoms with van der Waals surface area (Å²) in [5.74, 6) is 0.540. The topological polar surface area (TPSA) is 159 Å². The standard InChI is InChI=1S/C23H22N8O4/c1-23(13-6-3-2-4-7-13,21(33)26-15-11-34-12-16(15)32)31-20-14(10-25-31)19-27-18(17-8-5-9-35-17)29-30(19)22(24)28-20/h2-10,15-16,32H,11-12H2,1H3,(H2,24,28)(H,26,33)/t15-,16+,23?/m0/s1. The number of hydrogen-bond acceptors (Lipinski definition) is 9. The smallest absolute Gasteiger partial charge is 0.252 e. The molecule has 1 saturated heterocycles. The molecule has 0 saturated carbocycles. The van der Waals surface area contributed by atoms with E-state index >= 15 is 0 Å². The van der Waals surface area contributed by atoms with E-state index in [1.807, 2.05) is 30.3 Å². The number of nitrogen functional groups attached to an aromatic ring is 1. The monoisotopic (exact) mass is 474 g/mol. The minimum atomic E-state index is -1.33. The molecule has 35 heavy (non-hydrogen) atoms. The van der Waals surface area contributed by atoms with E-state index in [1.165, 1.54) is 15.5 Å². The minimum Gasteiger partial charge on any atom is -0.461 e. The largest absolute Gasteiger partial charge is 0.461 e. The van der Waals surface area contributed by atoms with Crippen molar-refractivity contribution in [3.63, 3.8) is 0 Å². The van der Waals surface area contributed by atoms with Crippen molar-refractivity contribution in [2.45, 2.75) is 24.6 Å². The SMILES string of the molecule is CC(C(=O)N[C@H]1COC[C@H]1O)(c1ccccc1)n1ncc2c1nc(N)n1nc(-c3ccco3)nc21. The molecule has 1 aliphatic rings. The fourth-order valence-electron chi connectivity index (χ4n) is 4.35. The van der Waals surface area contributed by atoms with Gasteiger partial charge in [-0.15, -0.1) is 5.10 Å². The Morgan fingerprint density at radius 3 is 2.71 bits per heavy atom. The van der Waals surface area contributed by atoms with Crippen molar-refractivity contribution in [1.82, 2.24) is 34.7 Å². The number of ether oxygens (including phenoxy) is 1. The fraction of sp³-hybridized carbons (Fsp3) is 0.261. The van der Waals surface area contributed by atoms with Gasteiger partial charge in [0.2, 0.25) is 11.8 Å². The number of aromatic nitrogens is 6. The minimum absolute atomic E-state index is 0.0787. The van der Waals surface area contributed by atoms with Crippen LogP contribution in [0.1, 0.15) is 12.5 Å². The van der Waals surface area contributed by atoms with Gasteiger partial charge in [0.25, 0.3) is 5.91 Å². The molecule has 0 bridgehead atoms. The third-order valence-corrected chi connectivity index (χ3v) is 6.34. The summed E-state index contributed by atoms with van der Waals surface area (Å²) in [4.78, 5) is 22.9. The highest BCUT2D eigenvalue weighted by atomic mass is 16.5. The maximum Gasteiger partial charge on any atom is 0.252 e. The number of amides is 1. The summed E-state index contributed by atoms with van der Waals surface area (Å²) in [5.41, 5.74) is 6.39. The molecule has 4 N–H and O–H groups in total. The Bertz CT molecular complexity index is 1530. The molecule has 6 rings (SSSR count). The second kappa shape index (κ2) is 7.89. The number of aliphatic hydroxyl groups is 1. The second-order valence-electron chi connectivity index (χ2n) is 8.53. The molecule has 1 aliphatic heterocycles. The van der Waals surface area contributed by atoms with E-state index in [0.29, 0.717) is 33.8 Å². The zero-order valence-corrected chi connectivity index (χ0v) is 18.7. The molecule has 1 aromatic carbocycles. The van der Waals surface area contributed by atoms with Crippen LogP contribution in [-0.4, -0.2) is 65.7 Å². The Hall–Kier alpha value is -4.29. The van der Waals surface area contributed by atoms with Gasteiger partial charge >= 0.3 is 0 Å². The first-order valence-electron chi connectivity index (χ1n) is 11.0. The number of fused-ring (bicyclic) bond motifs is 3. The van der Waals surface area contributed by atoms with Crippen LogP contribution in [0, 0.1) is 0 Å². The molecule has 0 radical (unpaired) electrons. The van der Waals surface area contributed by atoms with Gasteiger partial charge in [-0.1, -0.05) is 30.3 Å². The second-order valence-corrected chi connectivity index (χ2v) is 8.53. The van der Waals surface area contributed by atoms with E-state index in [1.54, 1.807) is 25.3 Å². The van der Waals surface area contributed by atoms with Gasteiger partial charge in [-0.25, -0.2) is 9.67 Å². The fourth-order valence-corrected chi connectivity index (χ4v) is 4.35. The summed E-state index contributed by atoms with van der Waals surface area (Å²) < 4.78 is 13.7. The first kappa shape index (κ1) is 21.3. The number of carbonyl (C=O) groups excluding carboxylic acids is 1. The average molecular weight is 474 g/mol. The summed E-state index contributed by atoms with van der Waals surface area (Å²) in [6, 6.07) is 12.2. The summed E-state index contributed by atoms with van der Waals surface area (Å²) in [5, 5.41) is 22.6. The third-order valence-electron chi connectivity index (χ3n) is 6.34. The van der Waals surface area contributed by atoms with Crippen LogP contribution in [0.2, 0.25) is 0 Å². The lowest BCUT2D eigenvalue weighted by Crippen LogP contribution is -2.53. The third kappa shape index (κ3) is 3.26.